The Balaban J connectivity index is 2.10. The third-order valence-corrected chi connectivity index (χ3v) is 4.68. The van der Waals surface area contributed by atoms with E-state index in [1.54, 1.807) is 6.07 Å². The first-order valence-corrected chi connectivity index (χ1v) is 9.11. The largest absolute Gasteiger partial charge is 0.360 e. The summed E-state index contributed by atoms with van der Waals surface area (Å²) in [5.74, 6) is -0.673. The van der Waals surface area contributed by atoms with Gasteiger partial charge in [0.15, 0.2) is 0 Å². The van der Waals surface area contributed by atoms with Crippen LogP contribution < -0.4 is 10.6 Å². The van der Waals surface area contributed by atoms with Crippen LogP contribution in [-0.4, -0.2) is 18.9 Å². The van der Waals surface area contributed by atoms with Crippen molar-refractivity contribution in [3.63, 3.8) is 0 Å². The molecule has 134 valence electrons. The molecule has 2 rings (SSSR count). The number of rotatable bonds is 5. The van der Waals surface area contributed by atoms with Gasteiger partial charge in [0.05, 0.1) is 14.9 Å². The Kier molecular flexibility index (Phi) is 6.23. The number of nitrogens with one attached hydrogen (secondary N) is 2. The first-order chi connectivity index (χ1) is 12.2. The van der Waals surface area contributed by atoms with Crippen LogP contribution >= 0.6 is 23.2 Å². The van der Waals surface area contributed by atoms with Crippen LogP contribution in [0, 0.1) is 11.3 Å². The van der Waals surface area contributed by atoms with E-state index in [0.29, 0.717) is 16.4 Å². The van der Waals surface area contributed by atoms with E-state index >= 15 is 0 Å². The highest BCUT2D eigenvalue weighted by Crippen LogP contribution is 2.25. The van der Waals surface area contributed by atoms with E-state index in [4.69, 9.17) is 33.0 Å². The summed E-state index contributed by atoms with van der Waals surface area (Å²) in [6.07, 6.45) is 1.16. The zero-order valence-electron chi connectivity index (χ0n) is 12.9. The van der Waals surface area contributed by atoms with Crippen LogP contribution in [0.3, 0.4) is 0 Å². The average Bonchev–Trinajstić information content (AvgIpc) is 2.58. The quantitative estimate of drug-likeness (QED) is 0.391. The summed E-state index contributed by atoms with van der Waals surface area (Å²) in [6.45, 7) is 0. The molecular weight excluding hydrogens is 401 g/mol. The molecular formula is C16H11Cl2N3O4S. The predicted octanol–water partition coefficient (Wildman–Crippen LogP) is 3.70. The van der Waals surface area contributed by atoms with Crippen LogP contribution in [0.15, 0.2) is 59.1 Å². The molecule has 0 aromatic heterocycles. The van der Waals surface area contributed by atoms with Crippen molar-refractivity contribution in [1.82, 2.24) is 0 Å². The molecule has 26 heavy (non-hydrogen) atoms. The molecule has 0 radical (unpaired) electrons. The average molecular weight is 412 g/mol. The van der Waals surface area contributed by atoms with Gasteiger partial charge < -0.3 is 10.6 Å². The SMILES string of the molecule is N#C/C(=C/Nc1ccc(S(=O)(=O)O)cc1)C(=O)Nc1ccc(Cl)c(Cl)c1. The van der Waals surface area contributed by atoms with Gasteiger partial charge in [0, 0.05) is 17.6 Å². The van der Waals surface area contributed by atoms with Gasteiger partial charge >= 0.3 is 0 Å². The normalized spacial score (nSPS) is 11.5. The topological polar surface area (TPSA) is 119 Å². The summed E-state index contributed by atoms with van der Waals surface area (Å²) in [4.78, 5) is 11.8. The minimum Gasteiger partial charge on any atom is -0.360 e. The number of hydrogen-bond acceptors (Lipinski definition) is 5. The second-order valence-electron chi connectivity index (χ2n) is 4.90. The van der Waals surface area contributed by atoms with Crippen LogP contribution in [-0.2, 0) is 14.9 Å². The third kappa shape index (κ3) is 5.21. The van der Waals surface area contributed by atoms with E-state index in [-0.39, 0.29) is 15.5 Å². The van der Waals surface area contributed by atoms with Gasteiger partial charge in [-0.3, -0.25) is 9.35 Å². The molecule has 0 heterocycles. The van der Waals surface area contributed by atoms with Crippen molar-refractivity contribution >= 4 is 50.6 Å². The van der Waals surface area contributed by atoms with Crippen LogP contribution in [0.2, 0.25) is 10.0 Å². The van der Waals surface area contributed by atoms with Crippen molar-refractivity contribution in [2.75, 3.05) is 10.6 Å². The van der Waals surface area contributed by atoms with Gasteiger partial charge in [-0.1, -0.05) is 23.2 Å². The Morgan fingerprint density at radius 3 is 2.23 bits per heavy atom. The summed E-state index contributed by atoms with van der Waals surface area (Å²) in [7, 11) is -4.29. The Hall–Kier alpha value is -2.57. The highest BCUT2D eigenvalue weighted by Gasteiger charge is 2.11. The van der Waals surface area contributed by atoms with Gasteiger partial charge in [-0.25, -0.2) is 0 Å². The van der Waals surface area contributed by atoms with Crippen LogP contribution in [0.4, 0.5) is 11.4 Å². The molecule has 7 nitrogen and oxygen atoms in total. The lowest BCUT2D eigenvalue weighted by Gasteiger charge is -2.06. The van der Waals surface area contributed by atoms with Gasteiger partial charge in [0.1, 0.15) is 11.6 Å². The van der Waals surface area contributed by atoms with Crippen LogP contribution in [0.5, 0.6) is 0 Å². The molecule has 2 aromatic carbocycles. The molecule has 0 saturated carbocycles. The molecule has 0 unspecified atom stereocenters. The first-order valence-electron chi connectivity index (χ1n) is 6.91. The summed E-state index contributed by atoms with van der Waals surface area (Å²) >= 11 is 11.7. The lowest BCUT2D eigenvalue weighted by Crippen LogP contribution is -2.14. The fourth-order valence-corrected chi connectivity index (χ4v) is 2.58. The molecule has 0 saturated heterocycles. The van der Waals surface area contributed by atoms with Gasteiger partial charge in [0.25, 0.3) is 16.0 Å². The fraction of sp³-hybridized carbons (Fsp3) is 0. The minimum atomic E-state index is -4.29. The van der Waals surface area contributed by atoms with E-state index in [9.17, 15) is 13.2 Å². The number of halogens is 2. The third-order valence-electron chi connectivity index (χ3n) is 3.08. The fourth-order valence-electron chi connectivity index (χ4n) is 1.80. The Labute approximate surface area is 159 Å². The van der Waals surface area contributed by atoms with Crippen molar-refractivity contribution in [3.05, 3.63) is 64.3 Å². The Morgan fingerprint density at radius 2 is 1.69 bits per heavy atom. The van der Waals surface area contributed by atoms with E-state index < -0.39 is 16.0 Å². The van der Waals surface area contributed by atoms with E-state index in [1.165, 1.54) is 42.5 Å². The molecule has 10 heteroatoms. The summed E-state index contributed by atoms with van der Waals surface area (Å²) in [6, 6.07) is 11.3. The lowest BCUT2D eigenvalue weighted by molar-refractivity contribution is -0.112. The van der Waals surface area contributed by atoms with Crippen molar-refractivity contribution in [2.45, 2.75) is 4.90 Å². The molecule has 0 aliphatic heterocycles. The Morgan fingerprint density at radius 1 is 1.08 bits per heavy atom. The van der Waals surface area contributed by atoms with Crippen molar-refractivity contribution in [1.29, 1.82) is 5.26 Å². The maximum absolute atomic E-state index is 12.1. The van der Waals surface area contributed by atoms with E-state index in [2.05, 4.69) is 10.6 Å². The molecule has 3 N–H and O–H groups in total. The number of carbonyl (C=O) groups is 1. The van der Waals surface area contributed by atoms with Gasteiger partial charge in [-0.05, 0) is 42.5 Å². The second kappa shape index (κ2) is 8.21. The number of carbonyl (C=O) groups excluding carboxylic acids is 1. The van der Waals surface area contributed by atoms with Crippen molar-refractivity contribution < 1.29 is 17.8 Å². The zero-order valence-corrected chi connectivity index (χ0v) is 15.2. The van der Waals surface area contributed by atoms with Gasteiger partial charge in [-0.2, -0.15) is 13.7 Å². The monoisotopic (exact) mass is 411 g/mol. The molecule has 0 bridgehead atoms. The first kappa shape index (κ1) is 19.8. The molecule has 0 spiro atoms. The van der Waals surface area contributed by atoms with Crippen LogP contribution in [0.25, 0.3) is 0 Å². The highest BCUT2D eigenvalue weighted by molar-refractivity contribution is 7.85. The maximum Gasteiger partial charge on any atom is 0.294 e. The number of benzene rings is 2. The van der Waals surface area contributed by atoms with E-state index in [0.717, 1.165) is 6.20 Å². The number of anilines is 2. The van der Waals surface area contributed by atoms with Gasteiger partial charge in [0.2, 0.25) is 0 Å². The molecule has 0 aliphatic carbocycles. The minimum absolute atomic E-state index is 0.227. The summed E-state index contributed by atoms with van der Waals surface area (Å²) < 4.78 is 30.9. The van der Waals surface area contributed by atoms with Crippen LogP contribution in [0.1, 0.15) is 0 Å². The summed E-state index contributed by atoms with van der Waals surface area (Å²) in [5.41, 5.74) is 0.547. The second-order valence-corrected chi connectivity index (χ2v) is 7.13. The zero-order chi connectivity index (χ0) is 19.3. The smallest absolute Gasteiger partial charge is 0.294 e. The van der Waals surface area contributed by atoms with Crippen molar-refractivity contribution in [2.24, 2.45) is 0 Å². The number of amides is 1. The van der Waals surface area contributed by atoms with Gasteiger partial charge in [-0.15, -0.1) is 0 Å². The lowest BCUT2D eigenvalue weighted by atomic mass is 10.2. The predicted molar refractivity (Wildman–Crippen MR) is 98.7 cm³/mol. The standard InChI is InChI=1S/C16H11Cl2N3O4S/c17-14-6-3-12(7-15(14)18)21-16(22)10(8-19)9-20-11-1-4-13(5-2-11)26(23,24)25/h1-7,9,20H,(H,21,22)(H,23,24,25)/b10-9-. The number of hydrogen-bond donors (Lipinski definition) is 3. The number of nitriles is 1. The Bertz CT molecular complexity index is 1010. The summed E-state index contributed by atoms with van der Waals surface area (Å²) in [5, 5.41) is 14.9. The maximum atomic E-state index is 12.1. The molecule has 1 amide bonds. The van der Waals surface area contributed by atoms with E-state index in [1.807, 2.05) is 0 Å². The highest BCUT2D eigenvalue weighted by atomic mass is 35.5. The number of nitrogens with zero attached hydrogens (tertiary/aromatic N) is 1. The molecule has 0 atom stereocenters. The molecule has 0 aliphatic rings. The molecule has 2 aromatic rings. The van der Waals surface area contributed by atoms with Crippen molar-refractivity contribution in [3.8, 4) is 6.07 Å². The molecule has 0 fully saturated rings.